The quantitative estimate of drug-likeness (QED) is 0.839. The lowest BCUT2D eigenvalue weighted by Gasteiger charge is -2.30. The van der Waals surface area contributed by atoms with E-state index in [4.69, 9.17) is 5.73 Å². The summed E-state index contributed by atoms with van der Waals surface area (Å²) >= 11 is 0. The number of hydrogen-bond acceptors (Lipinski definition) is 3. The minimum atomic E-state index is 0.353. The van der Waals surface area contributed by atoms with Crippen LogP contribution in [0.1, 0.15) is 45.4 Å². The Hall–Kier alpha value is -0.610. The smallest absolute Gasteiger partial charge is 0.225 e. The van der Waals surface area contributed by atoms with Crippen LogP contribution in [0.15, 0.2) is 0 Å². The Morgan fingerprint density at radius 2 is 1.90 bits per heavy atom. The van der Waals surface area contributed by atoms with Crippen LogP contribution < -0.4 is 5.73 Å². The van der Waals surface area contributed by atoms with Crippen molar-refractivity contribution in [3.63, 3.8) is 0 Å². The maximum absolute atomic E-state index is 12.7. The molecule has 2 aliphatic carbocycles. The monoisotopic (exact) mass is 293 g/mol. The molecule has 21 heavy (non-hydrogen) atoms. The van der Waals surface area contributed by atoms with Gasteiger partial charge in [-0.2, -0.15) is 0 Å². The van der Waals surface area contributed by atoms with Gasteiger partial charge in [-0.15, -0.1) is 0 Å². The van der Waals surface area contributed by atoms with E-state index in [-0.39, 0.29) is 0 Å². The first-order chi connectivity index (χ1) is 10.2. The fourth-order valence-corrected chi connectivity index (χ4v) is 4.53. The van der Waals surface area contributed by atoms with Crippen LogP contribution in [0.2, 0.25) is 0 Å². The van der Waals surface area contributed by atoms with Crippen molar-refractivity contribution < 1.29 is 4.79 Å². The highest BCUT2D eigenvalue weighted by Crippen LogP contribution is 2.54. The Labute approximate surface area is 129 Å². The van der Waals surface area contributed by atoms with E-state index in [9.17, 15) is 4.79 Å². The van der Waals surface area contributed by atoms with E-state index in [1.54, 1.807) is 0 Å². The molecule has 1 heterocycles. The van der Waals surface area contributed by atoms with Crippen molar-refractivity contribution in [3.05, 3.63) is 0 Å². The van der Waals surface area contributed by atoms with Gasteiger partial charge in [0.2, 0.25) is 5.91 Å². The summed E-state index contributed by atoms with van der Waals surface area (Å²) in [4.78, 5) is 17.4. The molecule has 1 aliphatic heterocycles. The zero-order valence-corrected chi connectivity index (χ0v) is 13.5. The van der Waals surface area contributed by atoms with Crippen molar-refractivity contribution in [1.29, 1.82) is 0 Å². The summed E-state index contributed by atoms with van der Waals surface area (Å²) < 4.78 is 0. The zero-order chi connectivity index (χ0) is 14.8. The highest BCUT2D eigenvalue weighted by molar-refractivity contribution is 5.79. The van der Waals surface area contributed by atoms with Crippen LogP contribution in [-0.4, -0.2) is 54.5 Å². The topological polar surface area (TPSA) is 49.6 Å². The average molecular weight is 293 g/mol. The number of hydrogen-bond donors (Lipinski definition) is 1. The highest BCUT2D eigenvalue weighted by atomic mass is 16.2. The zero-order valence-electron chi connectivity index (χ0n) is 13.5. The molecule has 1 saturated heterocycles. The normalized spacial score (nSPS) is 34.4. The fraction of sp³-hybridized carbons (Fsp3) is 0.941. The molecule has 3 rings (SSSR count). The van der Waals surface area contributed by atoms with Gasteiger partial charge in [0.05, 0.1) is 0 Å². The number of carbonyl (C=O) groups excluding carboxylic acids is 1. The second kappa shape index (κ2) is 6.66. The van der Waals surface area contributed by atoms with Gasteiger partial charge < -0.3 is 10.6 Å². The van der Waals surface area contributed by atoms with Crippen molar-refractivity contribution in [2.75, 3.05) is 32.7 Å². The van der Waals surface area contributed by atoms with Gasteiger partial charge >= 0.3 is 0 Å². The van der Waals surface area contributed by atoms with Crippen molar-refractivity contribution in [3.8, 4) is 0 Å². The molecule has 120 valence electrons. The summed E-state index contributed by atoms with van der Waals surface area (Å²) in [5.74, 6) is 2.61. The van der Waals surface area contributed by atoms with E-state index in [0.29, 0.717) is 17.9 Å². The molecular formula is C17H31N3O. The largest absolute Gasteiger partial charge is 0.341 e. The minimum absolute atomic E-state index is 0.353. The SMILES string of the molecule is CCC(CCN)N1CCCN(C(=O)C2CC3CC3C2)CC1. The summed E-state index contributed by atoms with van der Waals surface area (Å²) in [6.45, 7) is 7.05. The summed E-state index contributed by atoms with van der Waals surface area (Å²) in [5, 5.41) is 0. The fourth-order valence-electron chi connectivity index (χ4n) is 4.53. The van der Waals surface area contributed by atoms with Crippen LogP contribution in [0.3, 0.4) is 0 Å². The Morgan fingerprint density at radius 1 is 1.14 bits per heavy atom. The molecular weight excluding hydrogens is 262 g/mol. The van der Waals surface area contributed by atoms with Crippen LogP contribution in [-0.2, 0) is 4.79 Å². The molecule has 4 heteroatoms. The minimum Gasteiger partial charge on any atom is -0.341 e. The lowest BCUT2D eigenvalue weighted by molar-refractivity contribution is -0.135. The van der Waals surface area contributed by atoms with Gasteiger partial charge in [-0.3, -0.25) is 9.69 Å². The maximum atomic E-state index is 12.7. The van der Waals surface area contributed by atoms with Gasteiger partial charge in [-0.25, -0.2) is 0 Å². The van der Waals surface area contributed by atoms with E-state index in [2.05, 4.69) is 16.7 Å². The Morgan fingerprint density at radius 3 is 2.57 bits per heavy atom. The predicted octanol–water partition coefficient (Wildman–Crippen LogP) is 1.69. The molecule has 4 nitrogen and oxygen atoms in total. The summed E-state index contributed by atoms with van der Waals surface area (Å²) in [6, 6.07) is 0.601. The summed E-state index contributed by atoms with van der Waals surface area (Å²) in [6.07, 6.45) is 7.11. The van der Waals surface area contributed by atoms with Gasteiger partial charge in [-0.05, 0) is 56.9 Å². The predicted molar refractivity (Wildman–Crippen MR) is 84.8 cm³/mol. The molecule has 0 bridgehead atoms. The van der Waals surface area contributed by atoms with Gasteiger partial charge in [0.25, 0.3) is 0 Å². The van der Waals surface area contributed by atoms with E-state index in [0.717, 1.165) is 63.8 Å². The number of nitrogens with two attached hydrogens (primary N) is 1. The first-order valence-corrected chi connectivity index (χ1v) is 8.95. The molecule has 0 aromatic rings. The van der Waals surface area contributed by atoms with Gasteiger partial charge in [0.15, 0.2) is 0 Å². The molecule has 0 aromatic heterocycles. The molecule has 0 spiro atoms. The van der Waals surface area contributed by atoms with E-state index in [1.165, 1.54) is 19.3 Å². The van der Waals surface area contributed by atoms with Crippen molar-refractivity contribution in [2.24, 2.45) is 23.5 Å². The lowest BCUT2D eigenvalue weighted by atomic mass is 10.0. The Bertz CT molecular complexity index is 363. The molecule has 3 unspecified atom stereocenters. The van der Waals surface area contributed by atoms with Crippen LogP contribution in [0.5, 0.6) is 0 Å². The molecule has 3 aliphatic rings. The van der Waals surface area contributed by atoms with Crippen molar-refractivity contribution in [1.82, 2.24) is 9.80 Å². The molecule has 1 amide bonds. The van der Waals surface area contributed by atoms with Gasteiger partial charge in [0.1, 0.15) is 0 Å². The van der Waals surface area contributed by atoms with Crippen LogP contribution >= 0.6 is 0 Å². The molecule has 0 aromatic carbocycles. The maximum Gasteiger partial charge on any atom is 0.225 e. The standard InChI is InChI=1S/C17H31N3O/c1-2-16(4-5-18)19-6-3-7-20(9-8-19)17(21)15-11-13-10-14(13)12-15/h13-16H,2-12,18H2,1H3. The first-order valence-electron chi connectivity index (χ1n) is 8.95. The van der Waals surface area contributed by atoms with Crippen LogP contribution in [0, 0.1) is 17.8 Å². The Kier molecular flexibility index (Phi) is 4.85. The third-order valence-corrected chi connectivity index (χ3v) is 5.92. The third-order valence-electron chi connectivity index (χ3n) is 5.92. The number of rotatable bonds is 5. The summed E-state index contributed by atoms with van der Waals surface area (Å²) in [5.41, 5.74) is 5.73. The van der Waals surface area contributed by atoms with E-state index in [1.807, 2.05) is 0 Å². The van der Waals surface area contributed by atoms with Gasteiger partial charge in [0, 0.05) is 38.1 Å². The number of amides is 1. The Balaban J connectivity index is 1.51. The number of fused-ring (bicyclic) bond motifs is 1. The summed E-state index contributed by atoms with van der Waals surface area (Å²) in [7, 11) is 0. The first kappa shape index (κ1) is 15.3. The molecule has 2 N–H and O–H groups in total. The highest BCUT2D eigenvalue weighted by Gasteiger charge is 2.48. The van der Waals surface area contributed by atoms with Crippen LogP contribution in [0.4, 0.5) is 0 Å². The molecule has 0 radical (unpaired) electrons. The second-order valence-corrected chi connectivity index (χ2v) is 7.28. The lowest BCUT2D eigenvalue weighted by Crippen LogP contribution is -2.41. The third kappa shape index (κ3) is 3.42. The second-order valence-electron chi connectivity index (χ2n) is 7.28. The van der Waals surface area contributed by atoms with Crippen LogP contribution in [0.25, 0.3) is 0 Å². The molecule has 3 atom stereocenters. The van der Waals surface area contributed by atoms with Crippen molar-refractivity contribution in [2.45, 2.75) is 51.5 Å². The van der Waals surface area contributed by atoms with E-state index >= 15 is 0 Å². The number of nitrogens with zero attached hydrogens (tertiary/aromatic N) is 2. The van der Waals surface area contributed by atoms with Gasteiger partial charge in [-0.1, -0.05) is 6.92 Å². The van der Waals surface area contributed by atoms with E-state index < -0.39 is 0 Å². The molecule has 3 fully saturated rings. The molecule has 2 saturated carbocycles. The van der Waals surface area contributed by atoms with Crippen molar-refractivity contribution >= 4 is 5.91 Å². The number of carbonyl (C=O) groups is 1. The average Bonchev–Trinajstić information content (AvgIpc) is 3.19.